The van der Waals surface area contributed by atoms with Gasteiger partial charge in [0.15, 0.2) is 4.80 Å². The first-order valence-corrected chi connectivity index (χ1v) is 13.7. The molecule has 1 aromatic heterocycles. The normalized spacial score (nSPS) is 15.4. The van der Waals surface area contributed by atoms with Gasteiger partial charge in [-0.2, -0.15) is 0 Å². The van der Waals surface area contributed by atoms with Crippen LogP contribution < -0.4 is 19.6 Å². The third kappa shape index (κ3) is 4.46. The molecule has 5 rings (SSSR count). The summed E-state index contributed by atoms with van der Waals surface area (Å²) < 4.78 is 8.02. The highest BCUT2D eigenvalue weighted by Crippen LogP contribution is 2.40. The number of nitrogens with zero attached hydrogens (tertiary/aromatic N) is 3. The minimum atomic E-state index is -0.701. The molecular weight excluding hydrogens is 518 g/mol. The van der Waals surface area contributed by atoms with Crippen molar-refractivity contribution in [3.8, 4) is 5.75 Å². The van der Waals surface area contributed by atoms with Gasteiger partial charge >= 0.3 is 0 Å². The van der Waals surface area contributed by atoms with Crippen LogP contribution in [0.2, 0.25) is 5.02 Å². The van der Waals surface area contributed by atoms with E-state index in [1.165, 1.54) is 11.3 Å². The molecule has 194 valence electrons. The number of methoxy groups -OCH3 is 1. The van der Waals surface area contributed by atoms with Crippen LogP contribution in [0.4, 0.5) is 0 Å². The Bertz CT molecular complexity index is 1750. The molecule has 6 nitrogen and oxygen atoms in total. The van der Waals surface area contributed by atoms with Gasteiger partial charge in [-0.15, -0.1) is 0 Å². The molecule has 0 spiro atoms. The number of aromatic nitrogens is 1. The summed E-state index contributed by atoms with van der Waals surface area (Å²) in [5.74, 6) is 0.476. The largest absolute Gasteiger partial charge is 0.496 e. The number of benzene rings is 3. The molecule has 0 aliphatic carbocycles. The summed E-state index contributed by atoms with van der Waals surface area (Å²) in [5, 5.41) is 2.54. The number of hydrogen-bond donors (Lipinski definition) is 0. The van der Waals surface area contributed by atoms with E-state index in [2.05, 4.69) is 0 Å². The van der Waals surface area contributed by atoms with Crippen LogP contribution in [0.1, 0.15) is 37.9 Å². The zero-order valence-electron chi connectivity index (χ0n) is 21.7. The van der Waals surface area contributed by atoms with Crippen LogP contribution in [0.15, 0.2) is 81.7 Å². The fourth-order valence-electron chi connectivity index (χ4n) is 5.00. The molecule has 8 heteroatoms. The molecular formula is C30H28ClN3O3S. The number of carbonyl (C=O) groups excluding carboxylic acids is 1. The van der Waals surface area contributed by atoms with Crippen LogP contribution in [-0.2, 0) is 4.79 Å². The number of ether oxygens (including phenoxy) is 1. The van der Waals surface area contributed by atoms with Gasteiger partial charge in [0, 0.05) is 23.7 Å². The van der Waals surface area contributed by atoms with Crippen LogP contribution >= 0.6 is 22.9 Å². The van der Waals surface area contributed by atoms with Crippen molar-refractivity contribution in [3.63, 3.8) is 0 Å². The third-order valence-corrected chi connectivity index (χ3v) is 8.13. The van der Waals surface area contributed by atoms with Gasteiger partial charge in [-0.05, 0) is 61.4 Å². The molecule has 0 bridgehead atoms. The predicted molar refractivity (Wildman–Crippen MR) is 154 cm³/mol. The van der Waals surface area contributed by atoms with E-state index < -0.39 is 6.04 Å². The summed E-state index contributed by atoms with van der Waals surface area (Å²) in [6.45, 7) is 6.84. The highest BCUT2D eigenvalue weighted by molar-refractivity contribution is 7.07. The Kier molecular flexibility index (Phi) is 7.23. The molecule has 38 heavy (non-hydrogen) atoms. The molecule has 0 saturated carbocycles. The first kappa shape index (κ1) is 25.9. The topological polar surface area (TPSA) is 63.9 Å². The minimum absolute atomic E-state index is 0.136. The Hall–Kier alpha value is -3.68. The van der Waals surface area contributed by atoms with E-state index in [4.69, 9.17) is 21.3 Å². The molecule has 2 heterocycles. The number of thiazole rings is 1. The van der Waals surface area contributed by atoms with Crippen LogP contribution in [0.5, 0.6) is 5.75 Å². The van der Waals surface area contributed by atoms with E-state index in [0.717, 1.165) is 21.9 Å². The van der Waals surface area contributed by atoms with E-state index in [9.17, 15) is 9.59 Å². The van der Waals surface area contributed by atoms with Gasteiger partial charge < -0.3 is 9.64 Å². The summed E-state index contributed by atoms with van der Waals surface area (Å²) in [5.41, 5.74) is 2.50. The van der Waals surface area contributed by atoms with Gasteiger partial charge in [0.2, 0.25) is 0 Å². The second-order valence-electron chi connectivity index (χ2n) is 9.01. The second kappa shape index (κ2) is 10.6. The average molecular weight is 546 g/mol. The Balaban J connectivity index is 1.85. The molecule has 0 fully saturated rings. The molecule has 0 N–H and O–H groups in total. The molecule has 4 aromatic rings. The molecule has 0 radical (unpaired) electrons. The van der Waals surface area contributed by atoms with Gasteiger partial charge in [0.1, 0.15) is 11.8 Å². The van der Waals surface area contributed by atoms with Crippen LogP contribution in [0.3, 0.4) is 0 Å². The molecule has 1 aliphatic heterocycles. The predicted octanol–water partition coefficient (Wildman–Crippen LogP) is 4.92. The second-order valence-corrected chi connectivity index (χ2v) is 10.5. The van der Waals surface area contributed by atoms with Crippen LogP contribution in [0, 0.1) is 0 Å². The quantitative estimate of drug-likeness (QED) is 0.345. The number of amides is 1. The Morgan fingerprint density at radius 1 is 1.11 bits per heavy atom. The lowest BCUT2D eigenvalue weighted by Crippen LogP contribution is -2.43. The Morgan fingerprint density at radius 3 is 2.50 bits per heavy atom. The fourth-order valence-corrected chi connectivity index (χ4v) is 6.17. The molecule has 1 aliphatic rings. The van der Waals surface area contributed by atoms with Gasteiger partial charge in [0.25, 0.3) is 11.5 Å². The van der Waals surface area contributed by atoms with Gasteiger partial charge in [-0.3, -0.25) is 14.2 Å². The maximum atomic E-state index is 14.1. The standard InChI is InChI=1S/C30H28ClN3O3S/c1-5-33(6-2)29(36)25-18(3)32-30-34(28(35)24(38-30)17-19-11-14-21(31)15-12-19)27(25)26-22-10-8-7-9-20(22)13-16-23(26)37-4/h7-17,27H,5-6H2,1-4H3/b24-17+/t27-/m1/s1. The van der Waals surface area contributed by atoms with Crippen molar-refractivity contribution in [3.05, 3.63) is 108 Å². The molecule has 1 amide bonds. The highest BCUT2D eigenvalue weighted by Gasteiger charge is 2.36. The summed E-state index contributed by atoms with van der Waals surface area (Å²) in [7, 11) is 1.61. The van der Waals surface area contributed by atoms with Crippen LogP contribution in [0.25, 0.3) is 16.8 Å². The lowest BCUT2D eigenvalue weighted by atomic mass is 9.90. The summed E-state index contributed by atoms with van der Waals surface area (Å²) in [4.78, 5) is 35.1. The number of halogens is 1. The monoisotopic (exact) mass is 545 g/mol. The third-order valence-electron chi connectivity index (χ3n) is 6.89. The number of fused-ring (bicyclic) bond motifs is 2. The number of hydrogen-bond acceptors (Lipinski definition) is 5. The average Bonchev–Trinajstić information content (AvgIpc) is 3.23. The molecule has 0 unspecified atom stereocenters. The van der Waals surface area contributed by atoms with Crippen molar-refractivity contribution in [2.24, 2.45) is 4.99 Å². The zero-order chi connectivity index (χ0) is 27.0. The SMILES string of the molecule is CCN(CC)C(=O)C1=C(C)N=c2s/c(=C/c3ccc(Cl)cc3)c(=O)n2[C@H]1c1c(OC)ccc2ccccc12. The number of carbonyl (C=O) groups is 1. The van der Waals surface area contributed by atoms with E-state index >= 15 is 0 Å². The smallest absolute Gasteiger partial charge is 0.271 e. The van der Waals surface area contributed by atoms with E-state index in [-0.39, 0.29) is 11.5 Å². The summed E-state index contributed by atoms with van der Waals surface area (Å²) >= 11 is 7.37. The lowest BCUT2D eigenvalue weighted by Gasteiger charge is -2.30. The van der Waals surface area contributed by atoms with E-state index in [1.54, 1.807) is 28.7 Å². The lowest BCUT2D eigenvalue weighted by molar-refractivity contribution is -0.127. The number of likely N-dealkylation sites (N-methyl/N-ethyl adjacent to an activating group) is 1. The summed E-state index contributed by atoms with van der Waals surface area (Å²) in [6, 6.07) is 18.5. The van der Waals surface area contributed by atoms with Crippen molar-refractivity contribution in [2.75, 3.05) is 20.2 Å². The molecule has 0 saturated heterocycles. The minimum Gasteiger partial charge on any atom is -0.496 e. The first-order chi connectivity index (χ1) is 18.4. The summed E-state index contributed by atoms with van der Waals surface area (Å²) in [6.07, 6.45) is 1.84. The highest BCUT2D eigenvalue weighted by atomic mass is 35.5. The van der Waals surface area contributed by atoms with E-state index in [1.807, 2.05) is 75.4 Å². The molecule has 3 aromatic carbocycles. The Morgan fingerprint density at radius 2 is 1.82 bits per heavy atom. The van der Waals surface area contributed by atoms with Gasteiger partial charge in [-0.25, -0.2) is 4.99 Å². The van der Waals surface area contributed by atoms with Crippen molar-refractivity contribution in [2.45, 2.75) is 26.8 Å². The van der Waals surface area contributed by atoms with E-state index in [0.29, 0.717) is 44.5 Å². The molecule has 1 atom stereocenters. The van der Waals surface area contributed by atoms with Crippen LogP contribution in [-0.4, -0.2) is 35.6 Å². The van der Waals surface area contributed by atoms with Crippen molar-refractivity contribution >= 4 is 45.7 Å². The maximum absolute atomic E-state index is 14.1. The maximum Gasteiger partial charge on any atom is 0.271 e. The Labute approximate surface area is 229 Å². The van der Waals surface area contributed by atoms with Gasteiger partial charge in [-0.1, -0.05) is 65.4 Å². The van der Waals surface area contributed by atoms with Crippen molar-refractivity contribution in [1.29, 1.82) is 0 Å². The number of allylic oxidation sites excluding steroid dienone is 1. The first-order valence-electron chi connectivity index (χ1n) is 12.5. The van der Waals surface area contributed by atoms with Crippen molar-refractivity contribution < 1.29 is 9.53 Å². The fraction of sp³-hybridized carbons (Fsp3) is 0.233. The van der Waals surface area contributed by atoms with Gasteiger partial charge in [0.05, 0.1) is 22.9 Å². The van der Waals surface area contributed by atoms with Crippen molar-refractivity contribution in [1.82, 2.24) is 9.47 Å². The number of rotatable bonds is 6. The zero-order valence-corrected chi connectivity index (χ0v) is 23.3.